The minimum atomic E-state index is -4.04. The number of hydrogen-bond donors (Lipinski definition) is 0. The van der Waals surface area contributed by atoms with Crippen LogP contribution in [-0.4, -0.2) is 63.0 Å². The third-order valence-electron chi connectivity index (χ3n) is 8.63. The van der Waals surface area contributed by atoms with Gasteiger partial charge in [-0.1, -0.05) is 35.9 Å². The van der Waals surface area contributed by atoms with Crippen molar-refractivity contribution in [3.05, 3.63) is 96.2 Å². The number of benzene rings is 3. The second-order valence-corrected chi connectivity index (χ2v) is 13.4. The van der Waals surface area contributed by atoms with Crippen LogP contribution in [0.3, 0.4) is 0 Å². The Bertz CT molecular complexity index is 2020. The van der Waals surface area contributed by atoms with Gasteiger partial charge < -0.3 is 19.1 Å². The van der Waals surface area contributed by atoms with Crippen molar-refractivity contribution in [2.45, 2.75) is 30.8 Å². The largest absolute Gasteiger partial charge is 0.489 e. The molecule has 46 heavy (non-hydrogen) atoms. The van der Waals surface area contributed by atoms with Crippen molar-refractivity contribution in [2.75, 3.05) is 44.4 Å². The Balaban J connectivity index is 1.35. The van der Waals surface area contributed by atoms with Gasteiger partial charge in [-0.25, -0.2) is 17.4 Å². The molecule has 0 spiro atoms. The highest BCUT2D eigenvalue weighted by Crippen LogP contribution is 2.38. The number of pyridine rings is 1. The van der Waals surface area contributed by atoms with E-state index < -0.39 is 10.0 Å². The standard InChI is InChI=1S/C36H34N4O5S/c1-25-2-9-31(10-3-25)46(41,42)40-34(26-4-7-29(8-5-26)39-16-20-44-21-17-39)23-33-32(12-15-38-36(33)40)27-6-11-35(28(22-27)24-37)45-30-13-18-43-19-14-30/h2-12,15,22-23,30H,13-14,16-21H2,1H3. The molecule has 10 heteroatoms. The molecule has 7 rings (SSSR count). The van der Waals surface area contributed by atoms with E-state index >= 15 is 0 Å². The lowest BCUT2D eigenvalue weighted by atomic mass is 10.0. The molecule has 0 aliphatic carbocycles. The zero-order valence-corrected chi connectivity index (χ0v) is 26.4. The maximum Gasteiger partial charge on any atom is 0.269 e. The number of nitrogens with zero attached hydrogens (tertiary/aromatic N) is 4. The van der Waals surface area contributed by atoms with Gasteiger partial charge in [-0.3, -0.25) is 0 Å². The number of anilines is 1. The summed E-state index contributed by atoms with van der Waals surface area (Å²) in [6.45, 7) is 6.16. The molecule has 9 nitrogen and oxygen atoms in total. The molecule has 0 atom stereocenters. The molecule has 2 aliphatic rings. The molecule has 4 heterocycles. The minimum absolute atomic E-state index is 0.00228. The molecule has 0 radical (unpaired) electrons. The van der Waals surface area contributed by atoms with Crippen molar-refractivity contribution in [1.29, 1.82) is 5.26 Å². The van der Waals surface area contributed by atoms with Gasteiger partial charge in [-0.15, -0.1) is 0 Å². The second-order valence-electron chi connectivity index (χ2n) is 11.6. The summed E-state index contributed by atoms with van der Waals surface area (Å²) in [6, 6.07) is 26.3. The van der Waals surface area contributed by atoms with Gasteiger partial charge in [0.25, 0.3) is 10.0 Å². The highest BCUT2D eigenvalue weighted by atomic mass is 32.2. The normalized spacial score (nSPS) is 16.0. The summed E-state index contributed by atoms with van der Waals surface area (Å²) in [5.74, 6) is 0.531. The molecule has 5 aromatic rings. The number of morpholine rings is 1. The van der Waals surface area contributed by atoms with Crippen molar-refractivity contribution < 1.29 is 22.6 Å². The lowest BCUT2D eigenvalue weighted by Crippen LogP contribution is -2.36. The van der Waals surface area contributed by atoms with Crippen LogP contribution in [0.4, 0.5) is 5.69 Å². The molecule has 234 valence electrons. The number of hydrogen-bond acceptors (Lipinski definition) is 8. The average molecular weight is 635 g/mol. The van der Waals surface area contributed by atoms with E-state index in [9.17, 15) is 13.7 Å². The van der Waals surface area contributed by atoms with Crippen LogP contribution in [0.5, 0.6) is 5.75 Å². The van der Waals surface area contributed by atoms with Gasteiger partial charge in [-0.2, -0.15) is 5.26 Å². The lowest BCUT2D eigenvalue weighted by molar-refractivity contribution is 0.0254. The van der Waals surface area contributed by atoms with Gasteiger partial charge in [0.2, 0.25) is 0 Å². The van der Waals surface area contributed by atoms with Crippen LogP contribution in [0.1, 0.15) is 24.0 Å². The maximum absolute atomic E-state index is 14.3. The molecule has 0 bridgehead atoms. The average Bonchev–Trinajstić information content (AvgIpc) is 3.51. The van der Waals surface area contributed by atoms with Gasteiger partial charge in [0.05, 0.1) is 42.6 Å². The predicted molar refractivity (Wildman–Crippen MR) is 177 cm³/mol. The molecule has 0 N–H and O–H groups in total. The summed E-state index contributed by atoms with van der Waals surface area (Å²) in [6.07, 6.45) is 3.16. The van der Waals surface area contributed by atoms with Crippen LogP contribution in [0.25, 0.3) is 33.4 Å². The highest BCUT2D eigenvalue weighted by Gasteiger charge is 2.27. The second kappa shape index (κ2) is 12.6. The van der Waals surface area contributed by atoms with Crippen molar-refractivity contribution in [3.63, 3.8) is 0 Å². The quantitative estimate of drug-likeness (QED) is 0.209. The molecule has 2 fully saturated rings. The van der Waals surface area contributed by atoms with E-state index in [1.54, 1.807) is 36.5 Å². The summed E-state index contributed by atoms with van der Waals surface area (Å²) >= 11 is 0. The lowest BCUT2D eigenvalue weighted by Gasteiger charge is -2.28. The fourth-order valence-corrected chi connectivity index (χ4v) is 7.59. The first-order chi connectivity index (χ1) is 22.4. The number of fused-ring (bicyclic) bond motifs is 1. The number of aryl methyl sites for hydroxylation is 1. The summed E-state index contributed by atoms with van der Waals surface area (Å²) < 4.78 is 47.2. The van der Waals surface area contributed by atoms with Crippen LogP contribution in [-0.2, 0) is 19.5 Å². The van der Waals surface area contributed by atoms with Crippen LogP contribution >= 0.6 is 0 Å². The van der Waals surface area contributed by atoms with Gasteiger partial charge in [0, 0.05) is 43.2 Å². The molecule has 0 unspecified atom stereocenters. The fraction of sp³-hybridized carbons (Fsp3) is 0.278. The van der Waals surface area contributed by atoms with Gasteiger partial charge >= 0.3 is 0 Å². The highest BCUT2D eigenvalue weighted by molar-refractivity contribution is 7.90. The fourth-order valence-electron chi connectivity index (χ4n) is 6.11. The maximum atomic E-state index is 14.3. The third-order valence-corrected chi connectivity index (χ3v) is 10.4. The van der Waals surface area contributed by atoms with Crippen molar-refractivity contribution in [1.82, 2.24) is 8.96 Å². The molecule has 0 amide bonds. The molecule has 2 aromatic heterocycles. The van der Waals surface area contributed by atoms with Crippen LogP contribution in [0, 0.1) is 18.3 Å². The molecule has 3 aromatic carbocycles. The summed E-state index contributed by atoms with van der Waals surface area (Å²) in [4.78, 5) is 7.05. The van der Waals surface area contributed by atoms with E-state index in [4.69, 9.17) is 14.2 Å². The Morgan fingerprint density at radius 1 is 0.870 bits per heavy atom. The van der Waals surface area contributed by atoms with Crippen LogP contribution in [0.2, 0.25) is 0 Å². The van der Waals surface area contributed by atoms with E-state index in [0.29, 0.717) is 54.5 Å². The Morgan fingerprint density at radius 3 is 2.28 bits per heavy atom. The number of ether oxygens (including phenoxy) is 3. The first-order valence-corrected chi connectivity index (χ1v) is 16.9. The molecular weight excluding hydrogens is 600 g/mol. The number of nitriles is 1. The third kappa shape index (κ3) is 5.73. The van der Waals surface area contributed by atoms with E-state index in [1.165, 1.54) is 3.97 Å². The van der Waals surface area contributed by atoms with Crippen molar-refractivity contribution in [3.8, 4) is 34.2 Å². The van der Waals surface area contributed by atoms with Crippen LogP contribution in [0.15, 0.2) is 90.0 Å². The topological polar surface area (TPSA) is 107 Å². The monoisotopic (exact) mass is 634 g/mol. The molecule has 0 saturated carbocycles. The number of rotatable bonds is 7. The first-order valence-electron chi connectivity index (χ1n) is 15.5. The zero-order valence-electron chi connectivity index (χ0n) is 25.6. The van der Waals surface area contributed by atoms with E-state index in [1.807, 2.05) is 55.5 Å². The Morgan fingerprint density at radius 2 is 1.57 bits per heavy atom. The SMILES string of the molecule is Cc1ccc(S(=O)(=O)n2c(-c3ccc(N4CCOCC4)cc3)cc3c(-c4ccc(OC5CCOCC5)c(C#N)c4)ccnc32)cc1. The van der Waals surface area contributed by atoms with Crippen LogP contribution < -0.4 is 9.64 Å². The Hall–Kier alpha value is -4.69. The Labute approximate surface area is 268 Å². The van der Waals surface area contributed by atoms with E-state index in [2.05, 4.69) is 16.0 Å². The van der Waals surface area contributed by atoms with Gasteiger partial charge in [0.15, 0.2) is 5.65 Å². The molecule has 2 saturated heterocycles. The summed E-state index contributed by atoms with van der Waals surface area (Å²) in [5.41, 5.74) is 5.53. The Kier molecular flexibility index (Phi) is 8.21. The minimum Gasteiger partial charge on any atom is -0.489 e. The van der Waals surface area contributed by atoms with Gasteiger partial charge in [0.1, 0.15) is 17.9 Å². The van der Waals surface area contributed by atoms with E-state index in [0.717, 1.165) is 53.9 Å². The number of aromatic nitrogens is 2. The van der Waals surface area contributed by atoms with Gasteiger partial charge in [-0.05, 0) is 72.1 Å². The zero-order chi connectivity index (χ0) is 31.7. The molecular formula is C36H34N4O5S. The smallest absolute Gasteiger partial charge is 0.269 e. The van der Waals surface area contributed by atoms with Crippen molar-refractivity contribution in [2.24, 2.45) is 0 Å². The summed E-state index contributed by atoms with van der Waals surface area (Å²) in [7, 11) is -4.04. The van der Waals surface area contributed by atoms with Crippen molar-refractivity contribution >= 4 is 26.7 Å². The molecule has 2 aliphatic heterocycles. The first kappa shape index (κ1) is 30.0. The van der Waals surface area contributed by atoms with E-state index in [-0.39, 0.29) is 11.0 Å². The predicted octanol–water partition coefficient (Wildman–Crippen LogP) is 6.18. The summed E-state index contributed by atoms with van der Waals surface area (Å²) in [5, 5.41) is 10.7.